The van der Waals surface area contributed by atoms with Crippen LogP contribution in [-0.2, 0) is 11.3 Å². The Kier molecular flexibility index (Phi) is 5.95. The first-order chi connectivity index (χ1) is 14.7. The van der Waals surface area contributed by atoms with Crippen LogP contribution in [0.2, 0.25) is 0 Å². The zero-order valence-electron chi connectivity index (χ0n) is 17.9. The minimum atomic E-state index is -0.236. The first-order valence-electron chi connectivity index (χ1n) is 10.0. The van der Waals surface area contributed by atoms with Crippen LogP contribution in [0, 0.1) is 27.7 Å². The van der Waals surface area contributed by atoms with Crippen molar-refractivity contribution in [2.45, 2.75) is 34.2 Å². The van der Waals surface area contributed by atoms with Gasteiger partial charge in [-0.1, -0.05) is 45.8 Å². The van der Waals surface area contributed by atoms with E-state index in [4.69, 9.17) is 0 Å². The highest BCUT2D eigenvalue weighted by atomic mass is 79.9. The summed E-state index contributed by atoms with van der Waals surface area (Å²) in [5.41, 5.74) is 7.37. The lowest BCUT2D eigenvalue weighted by molar-refractivity contribution is -0.123. The Balaban J connectivity index is 1.63. The molecule has 3 aromatic rings. The quantitative estimate of drug-likeness (QED) is 0.378. The first kappa shape index (κ1) is 21.7. The molecule has 2 heterocycles. The maximum absolute atomic E-state index is 13.0. The third-order valence-corrected chi connectivity index (χ3v) is 7.29. The van der Waals surface area contributed by atoms with Crippen molar-refractivity contribution in [2.75, 3.05) is 0 Å². The maximum Gasteiger partial charge on any atom is 0.293 e. The summed E-state index contributed by atoms with van der Waals surface area (Å²) in [6, 6.07) is 16.2. The van der Waals surface area contributed by atoms with Gasteiger partial charge in [-0.15, -0.1) is 0 Å². The number of carbonyl (C=O) groups is 2. The van der Waals surface area contributed by atoms with Crippen molar-refractivity contribution >= 4 is 44.9 Å². The second-order valence-electron chi connectivity index (χ2n) is 7.85. The minimum absolute atomic E-state index is 0.228. The van der Waals surface area contributed by atoms with Crippen molar-refractivity contribution in [3.63, 3.8) is 0 Å². The molecule has 4 nitrogen and oxygen atoms in total. The molecule has 6 heteroatoms. The number of carbonyl (C=O) groups excluding carboxylic acids is 2. The van der Waals surface area contributed by atoms with E-state index in [0.29, 0.717) is 11.4 Å². The number of halogens is 1. The van der Waals surface area contributed by atoms with Crippen molar-refractivity contribution in [2.24, 2.45) is 0 Å². The van der Waals surface area contributed by atoms with Gasteiger partial charge in [0.25, 0.3) is 11.1 Å². The average Bonchev–Trinajstić information content (AvgIpc) is 3.15. The molecule has 1 aromatic heterocycles. The number of amides is 2. The lowest BCUT2D eigenvalue weighted by atomic mass is 10.1. The first-order valence-corrected chi connectivity index (χ1v) is 11.6. The second kappa shape index (κ2) is 8.52. The van der Waals surface area contributed by atoms with Crippen LogP contribution in [0.1, 0.15) is 33.6 Å². The largest absolute Gasteiger partial charge is 0.318 e. The fraction of sp³-hybridized carbons (Fsp3) is 0.200. The molecular weight excluding hydrogens is 472 g/mol. The van der Waals surface area contributed by atoms with E-state index in [-0.39, 0.29) is 11.1 Å². The summed E-state index contributed by atoms with van der Waals surface area (Å²) >= 11 is 4.56. The number of hydrogen-bond donors (Lipinski definition) is 0. The van der Waals surface area contributed by atoms with Gasteiger partial charge >= 0.3 is 0 Å². The molecule has 31 heavy (non-hydrogen) atoms. The molecule has 2 aromatic carbocycles. The number of imide groups is 1. The predicted octanol–water partition coefficient (Wildman–Crippen LogP) is 6.71. The predicted molar refractivity (Wildman–Crippen MR) is 130 cm³/mol. The van der Waals surface area contributed by atoms with Crippen molar-refractivity contribution in [1.29, 1.82) is 0 Å². The number of hydrogen-bond acceptors (Lipinski definition) is 3. The van der Waals surface area contributed by atoms with Crippen LogP contribution in [0.4, 0.5) is 4.79 Å². The fourth-order valence-corrected chi connectivity index (χ4v) is 4.83. The zero-order valence-corrected chi connectivity index (χ0v) is 20.3. The Hall–Kier alpha value is -2.57. The highest BCUT2D eigenvalue weighted by Crippen LogP contribution is 2.35. The van der Waals surface area contributed by atoms with E-state index in [0.717, 1.165) is 55.6 Å². The van der Waals surface area contributed by atoms with Crippen LogP contribution < -0.4 is 0 Å². The lowest BCUT2D eigenvalue weighted by Crippen LogP contribution is -2.27. The molecule has 158 valence electrons. The summed E-state index contributed by atoms with van der Waals surface area (Å²) in [6.45, 7) is 8.45. The highest BCUT2D eigenvalue weighted by molar-refractivity contribution is 9.10. The van der Waals surface area contributed by atoms with Gasteiger partial charge in [-0.2, -0.15) is 0 Å². The Labute approximate surface area is 195 Å². The molecule has 0 saturated carbocycles. The zero-order chi connectivity index (χ0) is 22.3. The number of benzene rings is 2. The lowest BCUT2D eigenvalue weighted by Gasteiger charge is -2.12. The number of aromatic nitrogens is 1. The van der Waals surface area contributed by atoms with Crippen molar-refractivity contribution in [3.05, 3.63) is 91.6 Å². The molecule has 1 aliphatic rings. The van der Waals surface area contributed by atoms with Gasteiger partial charge in [0.15, 0.2) is 0 Å². The summed E-state index contributed by atoms with van der Waals surface area (Å²) in [5, 5.41) is -0.228. The Morgan fingerprint density at radius 1 is 0.968 bits per heavy atom. The summed E-state index contributed by atoms with van der Waals surface area (Å²) in [6.07, 6.45) is 1.84. The van der Waals surface area contributed by atoms with Crippen LogP contribution >= 0.6 is 27.7 Å². The smallest absolute Gasteiger partial charge is 0.293 e. The van der Waals surface area contributed by atoms with Gasteiger partial charge in [0.05, 0.1) is 11.4 Å². The van der Waals surface area contributed by atoms with Crippen LogP contribution in [0.5, 0.6) is 0 Å². The average molecular weight is 495 g/mol. The second-order valence-corrected chi connectivity index (χ2v) is 9.70. The standard InChI is InChI=1S/C25H23BrN2O2S/c1-15-5-7-19(8-6-15)14-27-24(29)23(31-25(27)30)13-20-12-17(3)28(18(20)4)21-9-10-22(26)16(2)11-21/h5-13H,14H2,1-4H3/b23-13-. The Morgan fingerprint density at radius 3 is 2.35 bits per heavy atom. The van der Waals surface area contributed by atoms with Gasteiger partial charge in [0, 0.05) is 21.5 Å². The molecule has 1 aliphatic heterocycles. The Bertz CT molecular complexity index is 1230. The molecule has 0 aliphatic carbocycles. The summed E-state index contributed by atoms with van der Waals surface area (Å²) in [4.78, 5) is 27.3. The molecule has 0 spiro atoms. The molecule has 1 fully saturated rings. The van der Waals surface area contributed by atoms with Crippen molar-refractivity contribution in [1.82, 2.24) is 9.47 Å². The SMILES string of the molecule is Cc1ccc(CN2C(=O)S/C(=C\c3cc(C)n(-c4ccc(Br)c(C)c4)c3C)C2=O)cc1. The highest BCUT2D eigenvalue weighted by Gasteiger charge is 2.35. The molecule has 0 N–H and O–H groups in total. The van der Waals surface area contributed by atoms with E-state index in [9.17, 15) is 9.59 Å². The van der Waals surface area contributed by atoms with Gasteiger partial charge < -0.3 is 4.57 Å². The van der Waals surface area contributed by atoms with E-state index in [1.807, 2.05) is 57.2 Å². The Morgan fingerprint density at radius 2 is 1.68 bits per heavy atom. The van der Waals surface area contributed by atoms with Gasteiger partial charge in [0.2, 0.25) is 0 Å². The molecule has 1 saturated heterocycles. The van der Waals surface area contributed by atoms with Crippen LogP contribution in [0.15, 0.2) is 57.9 Å². The summed E-state index contributed by atoms with van der Waals surface area (Å²) in [5.74, 6) is -0.236. The third kappa shape index (κ3) is 4.27. The minimum Gasteiger partial charge on any atom is -0.318 e. The van der Waals surface area contributed by atoms with Gasteiger partial charge in [0.1, 0.15) is 0 Å². The molecule has 2 amide bonds. The van der Waals surface area contributed by atoms with Crippen LogP contribution in [-0.4, -0.2) is 20.6 Å². The van der Waals surface area contributed by atoms with E-state index < -0.39 is 0 Å². The molecule has 0 radical (unpaired) electrons. The fourth-order valence-electron chi connectivity index (χ4n) is 3.75. The third-order valence-electron chi connectivity index (χ3n) is 5.49. The molecule has 0 unspecified atom stereocenters. The molecule has 0 bridgehead atoms. The summed E-state index contributed by atoms with van der Waals surface area (Å²) in [7, 11) is 0. The number of nitrogens with zero attached hydrogens (tertiary/aromatic N) is 2. The van der Waals surface area contributed by atoms with E-state index in [1.165, 1.54) is 4.90 Å². The molecule has 4 rings (SSSR count). The van der Waals surface area contributed by atoms with E-state index in [1.54, 1.807) is 0 Å². The normalized spacial score (nSPS) is 15.4. The van der Waals surface area contributed by atoms with Crippen LogP contribution in [0.3, 0.4) is 0 Å². The molecular formula is C25H23BrN2O2S. The maximum atomic E-state index is 13.0. The topological polar surface area (TPSA) is 42.3 Å². The van der Waals surface area contributed by atoms with Gasteiger partial charge in [-0.3, -0.25) is 14.5 Å². The van der Waals surface area contributed by atoms with E-state index >= 15 is 0 Å². The number of thioether (sulfide) groups is 1. The van der Waals surface area contributed by atoms with Gasteiger partial charge in [-0.05, 0) is 86.5 Å². The van der Waals surface area contributed by atoms with Gasteiger partial charge in [-0.25, -0.2) is 0 Å². The van der Waals surface area contributed by atoms with Crippen molar-refractivity contribution < 1.29 is 9.59 Å². The summed E-state index contributed by atoms with van der Waals surface area (Å²) < 4.78 is 3.24. The van der Waals surface area contributed by atoms with E-state index in [2.05, 4.69) is 45.6 Å². The van der Waals surface area contributed by atoms with Crippen LogP contribution in [0.25, 0.3) is 11.8 Å². The monoisotopic (exact) mass is 494 g/mol. The number of rotatable bonds is 4. The molecule has 0 atom stereocenters. The van der Waals surface area contributed by atoms with Crippen molar-refractivity contribution in [3.8, 4) is 5.69 Å². The number of aryl methyl sites for hydroxylation is 3.